The van der Waals surface area contributed by atoms with E-state index in [-0.39, 0.29) is 0 Å². The Morgan fingerprint density at radius 2 is 2.14 bits per heavy atom. The zero-order valence-corrected chi connectivity index (χ0v) is 13.6. The minimum absolute atomic E-state index is 0.866. The number of nitrogens with zero attached hydrogens (tertiary/aromatic N) is 3. The van der Waals surface area contributed by atoms with E-state index in [2.05, 4.69) is 34.8 Å². The van der Waals surface area contributed by atoms with Crippen molar-refractivity contribution in [2.75, 3.05) is 42.9 Å². The van der Waals surface area contributed by atoms with E-state index in [1.54, 1.807) is 11.3 Å². The van der Waals surface area contributed by atoms with Crippen molar-refractivity contribution >= 4 is 33.3 Å². The Labute approximate surface area is 129 Å². The van der Waals surface area contributed by atoms with Crippen LogP contribution in [0.4, 0.5) is 11.8 Å². The van der Waals surface area contributed by atoms with Gasteiger partial charge in [0.1, 0.15) is 10.6 Å². The van der Waals surface area contributed by atoms with E-state index in [0.717, 1.165) is 55.7 Å². The van der Waals surface area contributed by atoms with Gasteiger partial charge in [-0.3, -0.25) is 0 Å². The summed E-state index contributed by atoms with van der Waals surface area (Å²) in [5, 5.41) is 10.2. The highest BCUT2D eigenvalue weighted by molar-refractivity contribution is 7.17. The molecule has 0 unspecified atom stereocenters. The first kappa shape index (κ1) is 14.5. The van der Waals surface area contributed by atoms with Crippen LogP contribution in [0.25, 0.3) is 10.2 Å². The number of fused-ring (bicyclic) bond motifs is 1. The van der Waals surface area contributed by atoms with Gasteiger partial charge in [0, 0.05) is 32.7 Å². The molecule has 2 N–H and O–H groups in total. The van der Waals surface area contributed by atoms with Crippen molar-refractivity contribution in [1.29, 1.82) is 0 Å². The van der Waals surface area contributed by atoms with Crippen molar-refractivity contribution in [3.05, 3.63) is 10.9 Å². The predicted molar refractivity (Wildman–Crippen MR) is 90.6 cm³/mol. The number of hydrogen-bond donors (Lipinski definition) is 2. The molecule has 0 aliphatic carbocycles. The Kier molecular flexibility index (Phi) is 4.55. The number of aryl methyl sites for hydroxylation is 1. The topological polar surface area (TPSA) is 53.1 Å². The molecule has 0 aromatic carbocycles. The van der Waals surface area contributed by atoms with Gasteiger partial charge in [0.15, 0.2) is 0 Å². The molecule has 0 radical (unpaired) electrons. The van der Waals surface area contributed by atoms with E-state index < -0.39 is 0 Å². The summed E-state index contributed by atoms with van der Waals surface area (Å²) in [6, 6.07) is 0. The van der Waals surface area contributed by atoms with Gasteiger partial charge in [-0.2, -0.15) is 4.98 Å². The Balaban J connectivity index is 1.94. The van der Waals surface area contributed by atoms with Gasteiger partial charge in [-0.1, -0.05) is 13.3 Å². The van der Waals surface area contributed by atoms with E-state index in [1.807, 2.05) is 0 Å². The quantitative estimate of drug-likeness (QED) is 0.832. The number of piperazine rings is 1. The van der Waals surface area contributed by atoms with Crippen molar-refractivity contribution in [2.45, 2.75) is 26.7 Å². The van der Waals surface area contributed by atoms with Crippen LogP contribution in [0.15, 0.2) is 5.38 Å². The highest BCUT2D eigenvalue weighted by atomic mass is 32.1. The first-order valence-corrected chi connectivity index (χ1v) is 8.63. The third-order valence-corrected chi connectivity index (χ3v) is 4.82. The number of rotatable bonds is 5. The van der Waals surface area contributed by atoms with Gasteiger partial charge in [-0.05, 0) is 24.3 Å². The van der Waals surface area contributed by atoms with Gasteiger partial charge in [-0.25, -0.2) is 4.98 Å². The maximum absolute atomic E-state index is 4.81. The van der Waals surface area contributed by atoms with Crippen molar-refractivity contribution in [2.24, 2.45) is 0 Å². The van der Waals surface area contributed by atoms with Crippen LogP contribution in [0.5, 0.6) is 0 Å². The Morgan fingerprint density at radius 1 is 1.33 bits per heavy atom. The van der Waals surface area contributed by atoms with Gasteiger partial charge in [0.05, 0.1) is 5.39 Å². The van der Waals surface area contributed by atoms with Crippen molar-refractivity contribution < 1.29 is 0 Å². The second-order valence-electron chi connectivity index (χ2n) is 5.49. The van der Waals surface area contributed by atoms with Crippen molar-refractivity contribution in [1.82, 2.24) is 15.3 Å². The number of anilines is 2. The number of nitrogens with one attached hydrogen (secondary N) is 2. The van der Waals surface area contributed by atoms with E-state index >= 15 is 0 Å². The summed E-state index contributed by atoms with van der Waals surface area (Å²) in [6.07, 6.45) is 2.35. The molecule has 0 atom stereocenters. The highest BCUT2D eigenvalue weighted by Crippen LogP contribution is 2.31. The molecule has 6 heteroatoms. The first-order valence-electron chi connectivity index (χ1n) is 7.75. The lowest BCUT2D eigenvalue weighted by Crippen LogP contribution is -2.44. The summed E-state index contributed by atoms with van der Waals surface area (Å²) in [5.41, 5.74) is 1.26. The average Bonchev–Trinajstić information content (AvgIpc) is 2.90. The fourth-order valence-electron chi connectivity index (χ4n) is 2.59. The van der Waals surface area contributed by atoms with Gasteiger partial charge in [-0.15, -0.1) is 11.3 Å². The molecular weight excluding hydrogens is 282 g/mol. The van der Waals surface area contributed by atoms with Crippen LogP contribution in [-0.2, 0) is 0 Å². The molecule has 1 aliphatic heterocycles. The summed E-state index contributed by atoms with van der Waals surface area (Å²) in [5.74, 6) is 1.87. The molecule has 114 valence electrons. The SMILES string of the molecule is CCCCNc1nc(N2CCNCC2)nc2scc(C)c12. The normalized spacial score (nSPS) is 15.6. The Morgan fingerprint density at radius 3 is 2.90 bits per heavy atom. The van der Waals surface area contributed by atoms with E-state index in [9.17, 15) is 0 Å². The molecule has 1 saturated heterocycles. The third kappa shape index (κ3) is 3.11. The Hall–Kier alpha value is -1.40. The molecular formula is C15H23N5S. The fraction of sp³-hybridized carbons (Fsp3) is 0.600. The van der Waals surface area contributed by atoms with Crippen LogP contribution in [-0.4, -0.2) is 42.7 Å². The number of unbranched alkanes of at least 4 members (excludes halogenated alkanes) is 1. The summed E-state index contributed by atoms with van der Waals surface area (Å²) >= 11 is 1.71. The number of hydrogen-bond acceptors (Lipinski definition) is 6. The lowest BCUT2D eigenvalue weighted by molar-refractivity contribution is 0.581. The second-order valence-corrected chi connectivity index (χ2v) is 6.35. The maximum atomic E-state index is 4.81. The molecule has 5 nitrogen and oxygen atoms in total. The lowest BCUT2D eigenvalue weighted by Gasteiger charge is -2.27. The maximum Gasteiger partial charge on any atom is 0.228 e. The van der Waals surface area contributed by atoms with Crippen molar-refractivity contribution in [3.63, 3.8) is 0 Å². The van der Waals surface area contributed by atoms with Crippen molar-refractivity contribution in [3.8, 4) is 0 Å². The molecule has 0 spiro atoms. The monoisotopic (exact) mass is 305 g/mol. The standard InChI is InChI=1S/C15H23N5S/c1-3-4-5-17-13-12-11(2)10-21-14(12)19-15(18-13)20-8-6-16-7-9-20/h10,16H,3-9H2,1-2H3,(H,17,18,19). The summed E-state index contributed by atoms with van der Waals surface area (Å²) in [6.45, 7) is 9.28. The van der Waals surface area contributed by atoms with Crippen LogP contribution in [0, 0.1) is 6.92 Å². The summed E-state index contributed by atoms with van der Waals surface area (Å²) in [4.78, 5) is 13.0. The highest BCUT2D eigenvalue weighted by Gasteiger charge is 2.17. The number of thiophene rings is 1. The summed E-state index contributed by atoms with van der Waals surface area (Å²) < 4.78 is 0. The van der Waals surface area contributed by atoms with E-state index in [4.69, 9.17) is 9.97 Å². The van der Waals surface area contributed by atoms with Gasteiger partial charge < -0.3 is 15.5 Å². The van der Waals surface area contributed by atoms with Crippen LogP contribution in [0.2, 0.25) is 0 Å². The van der Waals surface area contributed by atoms with Crippen LogP contribution in [0.1, 0.15) is 25.3 Å². The molecule has 0 saturated carbocycles. The van der Waals surface area contributed by atoms with Gasteiger partial charge in [0.25, 0.3) is 0 Å². The number of aromatic nitrogens is 2. The third-order valence-electron chi connectivity index (χ3n) is 3.83. The van der Waals surface area contributed by atoms with Gasteiger partial charge >= 0.3 is 0 Å². The van der Waals surface area contributed by atoms with Crippen LogP contribution < -0.4 is 15.5 Å². The molecule has 2 aromatic rings. The van der Waals surface area contributed by atoms with Gasteiger partial charge in [0.2, 0.25) is 5.95 Å². The fourth-order valence-corrected chi connectivity index (χ4v) is 3.51. The Bertz CT molecular complexity index is 603. The summed E-state index contributed by atoms with van der Waals surface area (Å²) in [7, 11) is 0. The molecule has 1 fully saturated rings. The second kappa shape index (κ2) is 6.58. The molecule has 3 heterocycles. The molecule has 3 rings (SSSR count). The molecule has 2 aromatic heterocycles. The smallest absolute Gasteiger partial charge is 0.228 e. The predicted octanol–water partition coefficient (Wildman–Crippen LogP) is 2.62. The zero-order chi connectivity index (χ0) is 14.7. The van der Waals surface area contributed by atoms with E-state index in [1.165, 1.54) is 17.4 Å². The minimum Gasteiger partial charge on any atom is -0.369 e. The zero-order valence-electron chi connectivity index (χ0n) is 12.8. The largest absolute Gasteiger partial charge is 0.369 e. The van der Waals surface area contributed by atoms with Crippen LogP contribution in [0.3, 0.4) is 0 Å². The average molecular weight is 305 g/mol. The molecule has 1 aliphatic rings. The molecule has 21 heavy (non-hydrogen) atoms. The first-order chi connectivity index (χ1) is 10.3. The molecule has 0 amide bonds. The lowest BCUT2D eigenvalue weighted by atomic mass is 10.2. The molecule has 0 bridgehead atoms. The van der Waals surface area contributed by atoms with Crippen LogP contribution >= 0.6 is 11.3 Å². The minimum atomic E-state index is 0.866. The van der Waals surface area contributed by atoms with E-state index in [0.29, 0.717) is 0 Å².